The lowest BCUT2D eigenvalue weighted by molar-refractivity contribution is -0.132. The molecule has 1 saturated heterocycles. The first kappa shape index (κ1) is 30.2. The molecular weight excluding hydrogens is 544 g/mol. The molecule has 1 fully saturated rings. The lowest BCUT2D eigenvalue weighted by atomic mass is 10.0. The van der Waals surface area contributed by atoms with Crippen molar-refractivity contribution < 1.29 is 28.0 Å². The highest BCUT2D eigenvalue weighted by Gasteiger charge is 2.36. The van der Waals surface area contributed by atoms with Crippen molar-refractivity contribution >= 4 is 29.4 Å². The van der Waals surface area contributed by atoms with E-state index in [0.29, 0.717) is 19.3 Å². The summed E-state index contributed by atoms with van der Waals surface area (Å²) in [7, 11) is 0. The molecule has 5 N–H and O–H groups in total. The first-order chi connectivity index (χ1) is 20.2. The van der Waals surface area contributed by atoms with Crippen LogP contribution in [0.15, 0.2) is 78.9 Å². The summed E-state index contributed by atoms with van der Waals surface area (Å²) in [5.74, 6) is -3.43. The van der Waals surface area contributed by atoms with Gasteiger partial charge in [-0.1, -0.05) is 60.7 Å². The van der Waals surface area contributed by atoms with E-state index in [1.165, 1.54) is 4.90 Å². The molecule has 1 aliphatic heterocycles. The van der Waals surface area contributed by atoms with Crippen LogP contribution in [0.4, 0.5) is 19.3 Å². The molecule has 3 atom stereocenters. The van der Waals surface area contributed by atoms with E-state index in [1.54, 1.807) is 24.3 Å². The number of likely N-dealkylation sites (tertiary alicyclic amines) is 1. The number of rotatable bonds is 11. The van der Waals surface area contributed by atoms with Crippen LogP contribution in [0.25, 0.3) is 0 Å². The van der Waals surface area contributed by atoms with Gasteiger partial charge in [-0.25, -0.2) is 13.6 Å². The zero-order chi connectivity index (χ0) is 30.1. The molecule has 0 spiro atoms. The van der Waals surface area contributed by atoms with Crippen molar-refractivity contribution in [2.75, 3.05) is 11.9 Å². The number of benzene rings is 3. The summed E-state index contributed by atoms with van der Waals surface area (Å²) in [6.45, 7) is 0.208. The van der Waals surface area contributed by atoms with Crippen LogP contribution < -0.4 is 21.7 Å². The molecule has 42 heavy (non-hydrogen) atoms. The quantitative estimate of drug-likeness (QED) is 0.278. The third kappa shape index (κ3) is 8.12. The van der Waals surface area contributed by atoms with Crippen molar-refractivity contribution in [2.24, 2.45) is 5.73 Å². The number of nitrogens with two attached hydrogens (primary N) is 1. The van der Waals surface area contributed by atoms with Gasteiger partial charge in [-0.3, -0.25) is 14.4 Å². The summed E-state index contributed by atoms with van der Waals surface area (Å²) in [4.78, 5) is 53.2. The van der Waals surface area contributed by atoms with Gasteiger partial charge in [0, 0.05) is 19.0 Å². The Morgan fingerprint density at radius 2 is 1.55 bits per heavy atom. The topological polar surface area (TPSA) is 134 Å². The standard InChI is InChI=1S/C31H33F2N5O4/c32-22-14-15-23(33)25(19-22)37-31(42)38-17-7-12-27(38)30(41)36-26(18-21-10-5-2-6-11-21)29(40)35-24(28(34)39)16-13-20-8-3-1-4-9-20/h1-6,8-11,14-15,19,24,26-27H,7,12-13,16-18H2,(H2,34,39)(H,35,40)(H,36,41)(H,37,42)/t24-,26-,27?/m0/s1. The van der Waals surface area contributed by atoms with Gasteiger partial charge in [0.05, 0.1) is 5.69 Å². The normalized spacial score (nSPS) is 15.9. The van der Waals surface area contributed by atoms with Crippen molar-refractivity contribution in [3.63, 3.8) is 0 Å². The number of urea groups is 1. The second-order valence-electron chi connectivity index (χ2n) is 10.1. The number of halogens is 2. The van der Waals surface area contributed by atoms with Crippen LogP contribution in [-0.2, 0) is 27.2 Å². The van der Waals surface area contributed by atoms with Crippen LogP contribution in [-0.4, -0.2) is 53.3 Å². The SMILES string of the molecule is NC(=O)[C@H](CCc1ccccc1)NC(=O)[C@H](Cc1ccccc1)NC(=O)C1CCCN1C(=O)Nc1cc(F)ccc1F. The lowest BCUT2D eigenvalue weighted by Gasteiger charge is -2.27. The van der Waals surface area contributed by atoms with Gasteiger partial charge < -0.3 is 26.6 Å². The van der Waals surface area contributed by atoms with Gasteiger partial charge in [0.25, 0.3) is 0 Å². The maximum atomic E-state index is 14.1. The Kier molecular flexibility index (Phi) is 10.2. The minimum Gasteiger partial charge on any atom is -0.368 e. The van der Waals surface area contributed by atoms with Gasteiger partial charge in [-0.05, 0) is 48.9 Å². The van der Waals surface area contributed by atoms with Crippen LogP contribution in [0.5, 0.6) is 0 Å². The third-order valence-corrected chi connectivity index (χ3v) is 7.13. The maximum Gasteiger partial charge on any atom is 0.322 e. The summed E-state index contributed by atoms with van der Waals surface area (Å²) in [6, 6.07) is 17.4. The molecule has 5 amide bonds. The highest BCUT2D eigenvalue weighted by molar-refractivity contribution is 5.96. The van der Waals surface area contributed by atoms with Crippen molar-refractivity contribution in [3.8, 4) is 0 Å². The monoisotopic (exact) mass is 577 g/mol. The number of amides is 5. The molecule has 1 unspecified atom stereocenters. The van der Waals surface area contributed by atoms with Gasteiger partial charge in [-0.2, -0.15) is 0 Å². The van der Waals surface area contributed by atoms with E-state index >= 15 is 0 Å². The van der Waals surface area contributed by atoms with Crippen LogP contribution >= 0.6 is 0 Å². The number of carbonyl (C=O) groups is 4. The molecule has 0 radical (unpaired) electrons. The molecule has 1 aliphatic rings. The molecule has 4 rings (SSSR count). The van der Waals surface area contributed by atoms with E-state index in [-0.39, 0.29) is 25.1 Å². The van der Waals surface area contributed by atoms with E-state index in [9.17, 15) is 28.0 Å². The summed E-state index contributed by atoms with van der Waals surface area (Å²) >= 11 is 0. The zero-order valence-electron chi connectivity index (χ0n) is 22.9. The van der Waals surface area contributed by atoms with Crippen molar-refractivity contribution in [2.45, 2.75) is 50.2 Å². The minimum absolute atomic E-state index is 0.121. The fourth-order valence-corrected chi connectivity index (χ4v) is 4.90. The van der Waals surface area contributed by atoms with Crippen molar-refractivity contribution in [3.05, 3.63) is 102 Å². The number of anilines is 1. The smallest absolute Gasteiger partial charge is 0.322 e. The molecule has 3 aromatic rings. The average Bonchev–Trinajstić information content (AvgIpc) is 3.48. The number of nitrogens with one attached hydrogen (secondary N) is 3. The predicted octanol–water partition coefficient (Wildman–Crippen LogP) is 3.29. The van der Waals surface area contributed by atoms with Gasteiger partial charge in [0.2, 0.25) is 17.7 Å². The Labute approximate surface area is 242 Å². The Balaban J connectivity index is 1.46. The number of primary amides is 1. The number of hydrogen-bond donors (Lipinski definition) is 4. The summed E-state index contributed by atoms with van der Waals surface area (Å²) in [5.41, 5.74) is 6.99. The third-order valence-electron chi connectivity index (χ3n) is 7.13. The Hall–Kier alpha value is -4.80. The minimum atomic E-state index is -1.08. The largest absolute Gasteiger partial charge is 0.368 e. The summed E-state index contributed by atoms with van der Waals surface area (Å²) in [6.07, 6.45) is 1.70. The van der Waals surface area contributed by atoms with Crippen LogP contribution in [0.3, 0.4) is 0 Å². The second-order valence-corrected chi connectivity index (χ2v) is 10.1. The van der Waals surface area contributed by atoms with Crippen molar-refractivity contribution in [1.82, 2.24) is 15.5 Å². The number of carbonyl (C=O) groups excluding carboxylic acids is 4. The average molecular weight is 578 g/mol. The van der Waals surface area contributed by atoms with E-state index in [0.717, 1.165) is 29.3 Å². The predicted molar refractivity (Wildman–Crippen MR) is 153 cm³/mol. The Morgan fingerprint density at radius 1 is 0.881 bits per heavy atom. The second kappa shape index (κ2) is 14.2. The Morgan fingerprint density at radius 3 is 2.21 bits per heavy atom. The van der Waals surface area contributed by atoms with Gasteiger partial charge in [-0.15, -0.1) is 0 Å². The van der Waals surface area contributed by atoms with Crippen molar-refractivity contribution in [1.29, 1.82) is 0 Å². The molecule has 0 aliphatic carbocycles. The maximum absolute atomic E-state index is 14.1. The summed E-state index contributed by atoms with van der Waals surface area (Å²) in [5, 5.41) is 7.74. The van der Waals surface area contributed by atoms with E-state index in [2.05, 4.69) is 16.0 Å². The van der Waals surface area contributed by atoms with Gasteiger partial charge in [0.15, 0.2) is 0 Å². The summed E-state index contributed by atoms with van der Waals surface area (Å²) < 4.78 is 27.7. The fourth-order valence-electron chi connectivity index (χ4n) is 4.90. The fraction of sp³-hybridized carbons (Fsp3) is 0.290. The molecule has 11 heteroatoms. The van der Waals surface area contributed by atoms with E-state index in [4.69, 9.17) is 5.73 Å². The zero-order valence-corrected chi connectivity index (χ0v) is 22.9. The van der Waals surface area contributed by atoms with E-state index in [1.807, 2.05) is 36.4 Å². The first-order valence-electron chi connectivity index (χ1n) is 13.7. The highest BCUT2D eigenvalue weighted by atomic mass is 19.1. The number of aryl methyl sites for hydroxylation is 1. The van der Waals surface area contributed by atoms with Crippen LogP contribution in [0.2, 0.25) is 0 Å². The van der Waals surface area contributed by atoms with Crippen LogP contribution in [0.1, 0.15) is 30.4 Å². The molecule has 0 saturated carbocycles. The van der Waals surface area contributed by atoms with Gasteiger partial charge >= 0.3 is 6.03 Å². The first-order valence-corrected chi connectivity index (χ1v) is 13.7. The Bertz CT molecular complexity index is 1410. The molecule has 220 valence electrons. The molecular formula is C31H33F2N5O4. The number of nitrogens with zero attached hydrogens (tertiary/aromatic N) is 1. The lowest BCUT2D eigenvalue weighted by Crippen LogP contribution is -2.57. The molecule has 9 nitrogen and oxygen atoms in total. The van der Waals surface area contributed by atoms with E-state index < -0.39 is 53.5 Å². The molecule has 3 aromatic carbocycles. The highest BCUT2D eigenvalue weighted by Crippen LogP contribution is 2.22. The molecule has 1 heterocycles. The number of hydrogen-bond acceptors (Lipinski definition) is 4. The molecule has 0 aromatic heterocycles. The van der Waals surface area contributed by atoms with Crippen LogP contribution in [0, 0.1) is 11.6 Å². The van der Waals surface area contributed by atoms with Gasteiger partial charge in [0.1, 0.15) is 29.8 Å². The molecule has 0 bridgehead atoms.